The van der Waals surface area contributed by atoms with E-state index in [1.54, 1.807) is 16.8 Å². The summed E-state index contributed by atoms with van der Waals surface area (Å²) in [5.74, 6) is 0. The van der Waals surface area contributed by atoms with Crippen molar-refractivity contribution in [2.24, 2.45) is 0 Å². The fourth-order valence-corrected chi connectivity index (χ4v) is 1.94. The summed E-state index contributed by atoms with van der Waals surface area (Å²) in [6.45, 7) is 3.76. The third-order valence-electron chi connectivity index (χ3n) is 2.40. The number of aromatic nitrogens is 2. The molecule has 0 aliphatic heterocycles. The number of aryl methyl sites for hydroxylation is 1. The van der Waals surface area contributed by atoms with Crippen molar-refractivity contribution >= 4 is 28.9 Å². The summed E-state index contributed by atoms with van der Waals surface area (Å²) in [4.78, 5) is 0. The topological polar surface area (TPSA) is 43.8 Å². The lowest BCUT2D eigenvalue weighted by atomic mass is 10.3. The minimum Gasteiger partial charge on any atom is -0.399 e. The molecule has 1 aromatic carbocycles. The summed E-state index contributed by atoms with van der Waals surface area (Å²) < 4.78 is 1.72. The van der Waals surface area contributed by atoms with Gasteiger partial charge in [-0.05, 0) is 32.0 Å². The number of benzene rings is 1. The zero-order valence-corrected chi connectivity index (χ0v) is 10.5. The molecule has 0 spiro atoms. The van der Waals surface area contributed by atoms with Crippen LogP contribution >= 0.6 is 23.2 Å². The minimum absolute atomic E-state index is 0.558. The van der Waals surface area contributed by atoms with Gasteiger partial charge in [0.2, 0.25) is 0 Å². The van der Waals surface area contributed by atoms with Crippen LogP contribution in [-0.2, 0) is 0 Å². The molecule has 0 aliphatic carbocycles. The summed E-state index contributed by atoms with van der Waals surface area (Å²) >= 11 is 12.2. The van der Waals surface area contributed by atoms with Crippen LogP contribution in [0.4, 0.5) is 5.69 Å². The molecule has 0 bridgehead atoms. The highest BCUT2D eigenvalue weighted by Crippen LogP contribution is 2.27. The predicted octanol–water partition coefficient (Wildman–Crippen LogP) is 3.38. The van der Waals surface area contributed by atoms with E-state index in [0.717, 1.165) is 17.1 Å². The highest BCUT2D eigenvalue weighted by Gasteiger charge is 2.12. The van der Waals surface area contributed by atoms with Crippen molar-refractivity contribution in [2.45, 2.75) is 13.8 Å². The van der Waals surface area contributed by atoms with Crippen LogP contribution in [0.25, 0.3) is 5.69 Å². The van der Waals surface area contributed by atoms with Gasteiger partial charge in [0, 0.05) is 5.69 Å². The fourth-order valence-electron chi connectivity index (χ4n) is 1.55. The normalized spacial score (nSPS) is 10.8. The van der Waals surface area contributed by atoms with Gasteiger partial charge in [0.15, 0.2) is 0 Å². The molecule has 2 aromatic rings. The lowest BCUT2D eigenvalue weighted by molar-refractivity contribution is 0.834. The van der Waals surface area contributed by atoms with E-state index in [9.17, 15) is 0 Å². The standard InChI is InChI=1S/C11H11Cl2N3/c1-6-11(13)7(2)16(15-6)10-4-3-8(14)5-9(10)12/h3-5H,14H2,1-2H3. The van der Waals surface area contributed by atoms with Crippen molar-refractivity contribution in [1.29, 1.82) is 0 Å². The molecule has 1 aromatic heterocycles. The molecule has 0 amide bonds. The van der Waals surface area contributed by atoms with Crippen molar-refractivity contribution in [3.8, 4) is 5.69 Å². The van der Waals surface area contributed by atoms with Gasteiger partial charge in [0.25, 0.3) is 0 Å². The molecule has 0 saturated heterocycles. The highest BCUT2D eigenvalue weighted by atomic mass is 35.5. The smallest absolute Gasteiger partial charge is 0.0848 e. The number of rotatable bonds is 1. The summed E-state index contributed by atoms with van der Waals surface area (Å²) in [6, 6.07) is 5.31. The second kappa shape index (κ2) is 4.00. The first-order chi connectivity index (χ1) is 7.50. The molecule has 16 heavy (non-hydrogen) atoms. The molecule has 84 valence electrons. The molecular weight excluding hydrogens is 245 g/mol. The zero-order valence-electron chi connectivity index (χ0n) is 8.96. The first kappa shape index (κ1) is 11.3. The van der Waals surface area contributed by atoms with Crippen LogP contribution < -0.4 is 5.73 Å². The number of anilines is 1. The Hall–Kier alpha value is -1.19. The lowest BCUT2D eigenvalue weighted by Crippen LogP contribution is -2.00. The van der Waals surface area contributed by atoms with Gasteiger partial charge in [-0.15, -0.1) is 0 Å². The highest BCUT2D eigenvalue weighted by molar-refractivity contribution is 6.33. The molecule has 0 saturated carbocycles. The maximum atomic E-state index is 6.11. The number of hydrogen-bond donors (Lipinski definition) is 1. The van der Waals surface area contributed by atoms with Gasteiger partial charge < -0.3 is 5.73 Å². The molecule has 1 heterocycles. The Bertz CT molecular complexity index is 546. The van der Waals surface area contributed by atoms with Crippen molar-refractivity contribution in [1.82, 2.24) is 9.78 Å². The Kier molecular flexibility index (Phi) is 2.82. The molecule has 2 rings (SSSR count). The maximum Gasteiger partial charge on any atom is 0.0848 e. The Morgan fingerprint density at radius 3 is 2.44 bits per heavy atom. The summed E-state index contributed by atoms with van der Waals surface area (Å²) in [6.07, 6.45) is 0. The Morgan fingerprint density at radius 1 is 1.25 bits per heavy atom. The van der Waals surface area contributed by atoms with Gasteiger partial charge in [-0.2, -0.15) is 5.10 Å². The molecule has 0 unspecified atom stereocenters. The third-order valence-corrected chi connectivity index (χ3v) is 3.25. The molecule has 5 heteroatoms. The first-order valence-electron chi connectivity index (χ1n) is 4.78. The van der Waals surface area contributed by atoms with Crippen molar-refractivity contribution in [3.05, 3.63) is 39.6 Å². The predicted molar refractivity (Wildman–Crippen MR) is 67.5 cm³/mol. The first-order valence-corrected chi connectivity index (χ1v) is 5.53. The number of nitrogens with zero attached hydrogens (tertiary/aromatic N) is 2. The summed E-state index contributed by atoms with van der Waals surface area (Å²) in [5.41, 5.74) is 8.70. The van der Waals surface area contributed by atoms with Gasteiger partial charge in [-0.1, -0.05) is 23.2 Å². The van der Waals surface area contributed by atoms with E-state index in [1.165, 1.54) is 0 Å². The van der Waals surface area contributed by atoms with Gasteiger partial charge in [0.1, 0.15) is 0 Å². The number of nitrogens with two attached hydrogens (primary N) is 1. The van der Waals surface area contributed by atoms with Gasteiger partial charge in [-0.25, -0.2) is 4.68 Å². The van der Waals surface area contributed by atoms with Gasteiger partial charge in [0.05, 0.1) is 27.1 Å². The van der Waals surface area contributed by atoms with Crippen molar-refractivity contribution in [3.63, 3.8) is 0 Å². The molecule has 2 N–H and O–H groups in total. The molecule has 0 aliphatic rings. The van der Waals surface area contributed by atoms with Gasteiger partial charge >= 0.3 is 0 Å². The van der Waals surface area contributed by atoms with E-state index >= 15 is 0 Å². The van der Waals surface area contributed by atoms with Crippen LogP contribution in [-0.4, -0.2) is 9.78 Å². The Morgan fingerprint density at radius 2 is 1.94 bits per heavy atom. The minimum atomic E-state index is 0.558. The fraction of sp³-hybridized carbons (Fsp3) is 0.182. The maximum absolute atomic E-state index is 6.11. The second-order valence-corrected chi connectivity index (χ2v) is 4.39. The summed E-state index contributed by atoms with van der Waals surface area (Å²) in [5, 5.41) is 5.55. The number of nitrogen functional groups attached to an aromatic ring is 1. The monoisotopic (exact) mass is 255 g/mol. The van der Waals surface area contributed by atoms with E-state index in [4.69, 9.17) is 28.9 Å². The lowest BCUT2D eigenvalue weighted by Gasteiger charge is -2.07. The SMILES string of the molecule is Cc1nn(-c2ccc(N)cc2Cl)c(C)c1Cl. The van der Waals surface area contributed by atoms with Crippen molar-refractivity contribution in [2.75, 3.05) is 5.73 Å². The molecule has 0 atom stereocenters. The van der Waals surface area contributed by atoms with Crippen LogP contribution in [0.3, 0.4) is 0 Å². The summed E-state index contributed by atoms with van der Waals surface area (Å²) in [7, 11) is 0. The van der Waals surface area contributed by atoms with Crippen LogP contribution in [0.1, 0.15) is 11.4 Å². The Balaban J connectivity index is 2.63. The van der Waals surface area contributed by atoms with E-state index in [2.05, 4.69) is 5.10 Å². The second-order valence-electron chi connectivity index (χ2n) is 3.61. The largest absolute Gasteiger partial charge is 0.399 e. The van der Waals surface area contributed by atoms with E-state index < -0.39 is 0 Å². The molecule has 3 nitrogen and oxygen atoms in total. The molecular formula is C11H11Cl2N3. The van der Waals surface area contributed by atoms with Crippen LogP contribution in [0.2, 0.25) is 10.0 Å². The molecule has 0 fully saturated rings. The van der Waals surface area contributed by atoms with E-state index in [-0.39, 0.29) is 0 Å². The molecule has 0 radical (unpaired) electrons. The van der Waals surface area contributed by atoms with E-state index in [1.807, 2.05) is 19.9 Å². The number of halogens is 2. The van der Waals surface area contributed by atoms with Crippen LogP contribution in [0, 0.1) is 13.8 Å². The third kappa shape index (κ3) is 1.77. The quantitative estimate of drug-likeness (QED) is 0.795. The average molecular weight is 256 g/mol. The Labute approximate surface area is 104 Å². The van der Waals surface area contributed by atoms with Crippen LogP contribution in [0.15, 0.2) is 18.2 Å². The average Bonchev–Trinajstić information content (AvgIpc) is 2.46. The van der Waals surface area contributed by atoms with E-state index in [0.29, 0.717) is 15.7 Å². The number of hydrogen-bond acceptors (Lipinski definition) is 2. The van der Waals surface area contributed by atoms with Crippen molar-refractivity contribution < 1.29 is 0 Å². The van der Waals surface area contributed by atoms with Gasteiger partial charge in [-0.3, -0.25) is 0 Å². The zero-order chi connectivity index (χ0) is 11.9. The van der Waals surface area contributed by atoms with Crippen LogP contribution in [0.5, 0.6) is 0 Å².